The molecule has 0 atom stereocenters. The molecule has 31 heteroatoms. The highest BCUT2D eigenvalue weighted by Crippen LogP contribution is 2.33. The number of rotatable bonds is 17. The number of amides is 2. The number of hydrogen-bond donors (Lipinski definition) is 6. The minimum atomic E-state index is -3.77. The van der Waals surface area contributed by atoms with E-state index in [1.165, 1.54) is 73.1 Å². The van der Waals surface area contributed by atoms with Gasteiger partial charge in [0.25, 0.3) is 51.5 Å². The summed E-state index contributed by atoms with van der Waals surface area (Å²) in [5.74, 6) is -0.471. The first-order chi connectivity index (χ1) is 48.5. The van der Waals surface area contributed by atoms with Gasteiger partial charge in [-0.3, -0.25) is 29.8 Å². The van der Waals surface area contributed by atoms with Gasteiger partial charge in [0.05, 0.1) is 97.6 Å². The first kappa shape index (κ1) is 72.2. The Balaban J connectivity index is 0.000000138. The molecule has 5 aromatic heterocycles. The van der Waals surface area contributed by atoms with Crippen molar-refractivity contribution in [3.8, 4) is 0 Å². The molecule has 0 aliphatic carbocycles. The van der Waals surface area contributed by atoms with E-state index in [1.54, 1.807) is 206 Å². The summed E-state index contributed by atoms with van der Waals surface area (Å²) in [4.78, 5) is 47.8. The smallest absolute Gasteiger partial charge is 0.278 e. The number of nitrogens with two attached hydrogens (primary N) is 1. The van der Waals surface area contributed by atoms with Crippen LogP contribution in [0.3, 0.4) is 0 Å². The second-order valence-electron chi connectivity index (χ2n) is 21.5. The van der Waals surface area contributed by atoms with Gasteiger partial charge in [-0.25, -0.2) is 49.6 Å². The van der Waals surface area contributed by atoms with Crippen molar-refractivity contribution in [3.05, 3.63) is 294 Å². The number of anilines is 3. The molecule has 0 bridgehead atoms. The van der Waals surface area contributed by atoms with Gasteiger partial charge in [0, 0.05) is 71.5 Å². The first-order valence-corrected chi connectivity index (χ1v) is 37.1. The average Bonchev–Trinajstić information content (AvgIpc) is 1.68. The van der Waals surface area contributed by atoms with Gasteiger partial charge >= 0.3 is 0 Å². The lowest BCUT2D eigenvalue weighted by molar-refractivity contribution is -0.383. The predicted octanol–water partition coefficient (Wildman–Crippen LogP) is 11.9. The molecule has 0 aliphatic rings. The largest absolute Gasteiger partial charge is 0.398 e. The number of alkyl halides is 1. The number of non-ortho nitro benzene ring substituents is 2. The fraction of sp³-hybridized carbons (Fsp3) is 0.0571. The van der Waals surface area contributed by atoms with Crippen molar-refractivity contribution in [3.63, 3.8) is 0 Å². The maximum absolute atomic E-state index is 12.9. The number of halogens is 1. The zero-order valence-electron chi connectivity index (χ0n) is 52.7. The van der Waals surface area contributed by atoms with Crippen LogP contribution in [0.15, 0.2) is 293 Å². The van der Waals surface area contributed by atoms with Crippen LogP contribution >= 0.6 is 15.9 Å². The normalized spacial score (nSPS) is 11.5. The van der Waals surface area contributed by atoms with Gasteiger partial charge in [-0.2, -0.15) is 0 Å². The number of aromatic amines is 1. The fourth-order valence-electron chi connectivity index (χ4n) is 10.5. The van der Waals surface area contributed by atoms with E-state index in [-0.39, 0.29) is 71.7 Å². The van der Waals surface area contributed by atoms with Crippen molar-refractivity contribution in [2.75, 3.05) is 41.4 Å². The van der Waals surface area contributed by atoms with Crippen LogP contribution in [-0.4, -0.2) is 106 Å². The monoisotopic (exact) mass is 1500 g/mol. The minimum Gasteiger partial charge on any atom is -0.398 e. The third-order valence-electron chi connectivity index (χ3n) is 15.2. The quantitative estimate of drug-likeness (QED) is 0.0162. The van der Waals surface area contributed by atoms with Crippen molar-refractivity contribution in [2.45, 2.75) is 19.6 Å². The summed E-state index contributed by atoms with van der Waals surface area (Å²) in [5, 5.41) is 41.7. The third-order valence-corrected chi connectivity index (χ3v) is 22.5. The summed E-state index contributed by atoms with van der Waals surface area (Å²) in [6.45, 7) is 0.326. The van der Waals surface area contributed by atoms with Crippen LogP contribution in [0.1, 0.15) is 0 Å². The number of fused-ring (bicyclic) bond motifs is 5. The summed E-state index contributed by atoms with van der Waals surface area (Å²) >= 11 is 3.09. The molecule has 101 heavy (non-hydrogen) atoms. The number of nitro benzene ring substituents is 2. The number of aromatic nitrogens is 5. The molecule has 2 amide bonds. The molecule has 516 valence electrons. The highest BCUT2D eigenvalue weighted by molar-refractivity contribution is 9.09. The van der Waals surface area contributed by atoms with Gasteiger partial charge in [0.15, 0.2) is 0 Å². The number of aliphatic hydroxyl groups is 1. The molecule has 0 aliphatic heterocycles. The van der Waals surface area contributed by atoms with Crippen LogP contribution < -0.4 is 21.7 Å². The zero-order valence-corrected chi connectivity index (χ0v) is 57.6. The molecule has 0 saturated heterocycles. The van der Waals surface area contributed by atoms with Crippen LogP contribution in [0.4, 0.5) is 28.4 Å². The third kappa shape index (κ3) is 16.0. The van der Waals surface area contributed by atoms with Crippen LogP contribution in [-0.2, 0) is 49.7 Å². The number of nitrogens with zero attached hydrogens (tertiary/aromatic N) is 6. The van der Waals surface area contributed by atoms with Crippen LogP contribution in [0.25, 0.3) is 54.5 Å². The van der Waals surface area contributed by atoms with Crippen LogP contribution in [0.2, 0.25) is 0 Å². The van der Waals surface area contributed by atoms with Crippen molar-refractivity contribution in [1.82, 2.24) is 26.2 Å². The van der Waals surface area contributed by atoms with Crippen LogP contribution in [0, 0.1) is 20.2 Å². The molecule has 9 aromatic carbocycles. The standard InChI is InChI=1S/C18H19N3O4S.C16H13BrN2O3S.C14H10N2O4S.C14H12N2O2S.C8H6N2O2/c22-12-10-19-13-18(23)20-16-7-4-8-17-15(16)9-11-21(17)26(24,25)14-5-2-1-3-6-14;17-11-16(20)18-14-7-4-8-15-13(14)9-10-19(15)23(21,22)12-5-2-1-3-6-12;17-16(18)14-8-4-7-13-12(14)9-10-15(13)21(19,20)11-5-2-1-3-6-11;15-13-7-4-8-14-12(13)9-10-16(14)19(17,18)11-5-2-1-3-6-11;11-10(12)8-3-1-2-7-6(8)4-5-9-7/h1-9,11,19,22H,10,12-13H2,(H,20,23);1-10H,11H2,(H,18,20);1-10H;1-10H,15H2;1-5,9H. The molecule has 26 nitrogen and oxygen atoms in total. The number of nitrogen functional groups attached to an aromatic ring is 1. The molecule has 0 spiro atoms. The van der Waals surface area contributed by atoms with E-state index < -0.39 is 45.0 Å². The van der Waals surface area contributed by atoms with E-state index in [0.29, 0.717) is 61.7 Å². The number of aliphatic hydroxyl groups excluding tert-OH is 1. The van der Waals surface area contributed by atoms with E-state index in [0.717, 1.165) is 14.9 Å². The van der Waals surface area contributed by atoms with Crippen molar-refractivity contribution in [1.29, 1.82) is 0 Å². The topological polar surface area (TPSA) is 375 Å². The molecule has 0 fully saturated rings. The molecule has 14 rings (SSSR count). The van der Waals surface area contributed by atoms with E-state index in [1.807, 2.05) is 6.07 Å². The molecule has 0 saturated carbocycles. The Morgan fingerprint density at radius 1 is 0.426 bits per heavy atom. The molecule has 7 N–H and O–H groups in total. The number of H-pyrrole nitrogens is 1. The number of nitro groups is 2. The van der Waals surface area contributed by atoms with Gasteiger partial charge in [-0.1, -0.05) is 119 Å². The Morgan fingerprint density at radius 2 is 0.772 bits per heavy atom. The van der Waals surface area contributed by atoms with Gasteiger partial charge in [-0.15, -0.1) is 0 Å². The maximum Gasteiger partial charge on any atom is 0.278 e. The Morgan fingerprint density at radius 3 is 1.18 bits per heavy atom. The highest BCUT2D eigenvalue weighted by atomic mass is 79.9. The molecule has 14 aromatic rings. The number of carbonyl (C=O) groups is 2. The van der Waals surface area contributed by atoms with Crippen molar-refractivity contribution < 1.29 is 58.2 Å². The predicted molar refractivity (Wildman–Crippen MR) is 391 cm³/mol. The van der Waals surface area contributed by atoms with E-state index in [9.17, 15) is 63.5 Å². The van der Waals surface area contributed by atoms with Gasteiger partial charge < -0.3 is 31.8 Å². The summed E-state index contributed by atoms with van der Waals surface area (Å²) in [7, 11) is -14.7. The number of carbonyl (C=O) groups excluding carboxylic acids is 2. The Bertz CT molecular complexity index is 5820. The molecule has 0 radical (unpaired) electrons. The number of hydrogen-bond acceptors (Lipinski definition) is 17. The highest BCUT2D eigenvalue weighted by Gasteiger charge is 2.25. The van der Waals surface area contributed by atoms with Gasteiger partial charge in [0.1, 0.15) is 0 Å². The first-order valence-electron chi connectivity index (χ1n) is 30.2. The lowest BCUT2D eigenvalue weighted by atomic mass is 10.2. The Labute approximate surface area is 586 Å². The van der Waals surface area contributed by atoms with E-state index in [2.05, 4.69) is 36.9 Å². The summed E-state index contributed by atoms with van der Waals surface area (Å²) < 4.78 is 106. The average molecular weight is 1500 g/mol. The SMILES string of the molecule is Nc1cccc2c1ccn2S(=O)(=O)c1ccccc1.O=C(CBr)Nc1cccc2c1ccn2S(=O)(=O)c1ccccc1.O=C(CNCCO)Nc1cccc2c1ccn2S(=O)(=O)c1ccccc1.O=[N+]([O-])c1cccc2[nH]ccc12.O=[N+]([O-])c1cccc2c1ccn2S(=O)(=O)c1ccccc1. The minimum absolute atomic E-state index is 0.0525. The fourth-order valence-corrected chi connectivity index (χ4v) is 16.1. The van der Waals surface area contributed by atoms with E-state index >= 15 is 0 Å². The zero-order chi connectivity index (χ0) is 72.1. The number of nitrogens with one attached hydrogen (secondary N) is 4. The molecular weight excluding hydrogens is 1440 g/mol. The number of benzene rings is 9. The Kier molecular flexibility index (Phi) is 22.5. The molecule has 0 unspecified atom stereocenters. The molecule has 5 heterocycles. The van der Waals surface area contributed by atoms with E-state index in [4.69, 9.17) is 10.8 Å². The summed E-state index contributed by atoms with van der Waals surface area (Å²) in [6.07, 6.45) is 7.53. The van der Waals surface area contributed by atoms with Crippen LogP contribution in [0.5, 0.6) is 0 Å². The second kappa shape index (κ2) is 31.5. The lowest BCUT2D eigenvalue weighted by Gasteiger charge is -2.10. The molecular formula is C70H60BrN11O15S4. The van der Waals surface area contributed by atoms with Crippen molar-refractivity contribution >= 4 is 151 Å². The van der Waals surface area contributed by atoms with Gasteiger partial charge in [-0.05, 0) is 127 Å². The van der Waals surface area contributed by atoms with Gasteiger partial charge in [0.2, 0.25) is 11.8 Å². The summed E-state index contributed by atoms with van der Waals surface area (Å²) in [6, 6.07) is 65.7. The lowest BCUT2D eigenvalue weighted by Crippen LogP contribution is -2.30. The maximum atomic E-state index is 12.9. The Hall–Kier alpha value is -11.6. The second-order valence-corrected chi connectivity index (χ2v) is 29.4. The summed E-state index contributed by atoms with van der Waals surface area (Å²) in [5.41, 5.74) is 10.2. The van der Waals surface area contributed by atoms with Crippen molar-refractivity contribution in [2.24, 2.45) is 0 Å².